The Kier molecular flexibility index (Phi) is 7.44. The van der Waals surface area contributed by atoms with Gasteiger partial charge in [-0.25, -0.2) is 0 Å². The maximum Gasteiger partial charge on any atom is 0.222 e. The van der Waals surface area contributed by atoms with Gasteiger partial charge in [-0.05, 0) is 49.4 Å². The van der Waals surface area contributed by atoms with Crippen molar-refractivity contribution in [1.29, 1.82) is 0 Å². The molecule has 38 heavy (non-hydrogen) atoms. The molecule has 3 N–H and O–H groups in total. The Morgan fingerprint density at radius 3 is 2.11 bits per heavy atom. The van der Waals surface area contributed by atoms with E-state index in [0.29, 0.717) is 48.2 Å². The molecule has 0 radical (unpaired) electrons. The van der Waals surface area contributed by atoms with Gasteiger partial charge in [0.2, 0.25) is 11.8 Å². The van der Waals surface area contributed by atoms with Crippen LogP contribution in [0, 0.1) is 0 Å². The standard InChI is InChI=1S/C29H34N2O7/c32-22-10-9-18(14-24(22)34)25-15-23(33)20-13-19(16-30-11-5-1-3-7-26(30)35)28(37)21(29(20)38-25)17-31-12-6-2-4-8-27(31)36/h9-10,13-14,25,32,34,37H,1-8,11-12,15-17H2. The summed E-state index contributed by atoms with van der Waals surface area (Å²) in [4.78, 5) is 42.4. The highest BCUT2D eigenvalue weighted by Crippen LogP contribution is 2.44. The lowest BCUT2D eigenvalue weighted by Crippen LogP contribution is -2.32. The molecule has 3 aliphatic heterocycles. The summed E-state index contributed by atoms with van der Waals surface area (Å²) in [6, 6.07) is 5.89. The number of aromatic hydroxyl groups is 3. The molecule has 0 bridgehead atoms. The average Bonchev–Trinajstić information content (AvgIpc) is 3.23. The van der Waals surface area contributed by atoms with E-state index >= 15 is 0 Å². The Morgan fingerprint density at radius 1 is 0.789 bits per heavy atom. The van der Waals surface area contributed by atoms with Gasteiger partial charge >= 0.3 is 0 Å². The lowest BCUT2D eigenvalue weighted by molar-refractivity contribution is -0.132. The quantitative estimate of drug-likeness (QED) is 0.499. The molecule has 2 fully saturated rings. The molecule has 3 heterocycles. The molecule has 0 spiro atoms. The van der Waals surface area contributed by atoms with Gasteiger partial charge in [0.05, 0.1) is 24.1 Å². The van der Waals surface area contributed by atoms with Crippen molar-refractivity contribution in [3.05, 3.63) is 46.5 Å². The summed E-state index contributed by atoms with van der Waals surface area (Å²) < 4.78 is 6.30. The van der Waals surface area contributed by atoms with Gasteiger partial charge in [0.15, 0.2) is 17.3 Å². The first-order valence-electron chi connectivity index (χ1n) is 13.5. The summed E-state index contributed by atoms with van der Waals surface area (Å²) in [5.74, 6) is -0.624. The number of fused-ring (bicyclic) bond motifs is 1. The second-order valence-corrected chi connectivity index (χ2v) is 10.5. The molecule has 2 aromatic rings. The Balaban J connectivity index is 1.55. The SMILES string of the molecule is O=C1CC(c2ccc(O)c(O)c2)Oc2c1cc(CN1CCCCCC1=O)c(O)c2CN1CCCCCC1=O. The van der Waals surface area contributed by atoms with Crippen molar-refractivity contribution in [2.24, 2.45) is 0 Å². The highest BCUT2D eigenvalue weighted by molar-refractivity contribution is 6.01. The maximum absolute atomic E-state index is 13.4. The molecule has 9 heteroatoms. The fraction of sp³-hybridized carbons (Fsp3) is 0.483. The van der Waals surface area contributed by atoms with Crippen molar-refractivity contribution < 1.29 is 34.4 Å². The first kappa shape index (κ1) is 25.9. The topological polar surface area (TPSA) is 128 Å². The van der Waals surface area contributed by atoms with E-state index in [-0.39, 0.29) is 60.1 Å². The van der Waals surface area contributed by atoms with Crippen molar-refractivity contribution in [1.82, 2.24) is 9.80 Å². The third-order valence-electron chi connectivity index (χ3n) is 7.78. The Bertz CT molecular complexity index is 1260. The van der Waals surface area contributed by atoms with Gasteiger partial charge in [0.1, 0.15) is 17.6 Å². The molecule has 2 saturated heterocycles. The summed E-state index contributed by atoms with van der Waals surface area (Å²) in [5, 5.41) is 31.2. The molecule has 1 unspecified atom stereocenters. The van der Waals surface area contributed by atoms with Crippen LogP contribution in [-0.2, 0) is 22.7 Å². The second kappa shape index (κ2) is 10.9. The van der Waals surface area contributed by atoms with Crippen LogP contribution in [0.1, 0.15) is 90.9 Å². The normalized spacial score (nSPS) is 20.5. The number of hydrogen-bond acceptors (Lipinski definition) is 7. The fourth-order valence-electron chi connectivity index (χ4n) is 5.58. The number of phenols is 3. The smallest absolute Gasteiger partial charge is 0.222 e. The minimum atomic E-state index is -0.738. The van der Waals surface area contributed by atoms with Gasteiger partial charge in [-0.2, -0.15) is 0 Å². The van der Waals surface area contributed by atoms with Crippen LogP contribution in [-0.4, -0.2) is 55.8 Å². The van der Waals surface area contributed by atoms with E-state index in [1.54, 1.807) is 21.9 Å². The summed E-state index contributed by atoms with van der Waals surface area (Å²) in [7, 11) is 0. The lowest BCUT2D eigenvalue weighted by Gasteiger charge is -2.31. The van der Waals surface area contributed by atoms with E-state index in [1.807, 2.05) is 0 Å². The third-order valence-corrected chi connectivity index (χ3v) is 7.78. The van der Waals surface area contributed by atoms with Crippen molar-refractivity contribution in [2.45, 2.75) is 77.0 Å². The second-order valence-electron chi connectivity index (χ2n) is 10.5. The molecule has 202 valence electrons. The average molecular weight is 523 g/mol. The van der Waals surface area contributed by atoms with Crippen LogP contribution < -0.4 is 4.74 Å². The lowest BCUT2D eigenvalue weighted by atomic mass is 9.91. The van der Waals surface area contributed by atoms with E-state index < -0.39 is 6.10 Å². The third kappa shape index (κ3) is 5.28. The molecule has 2 amide bonds. The molecule has 0 aliphatic carbocycles. The summed E-state index contributed by atoms with van der Waals surface area (Å²) >= 11 is 0. The molecular formula is C29H34N2O7. The molecule has 3 aliphatic rings. The van der Waals surface area contributed by atoms with Gasteiger partial charge in [-0.3, -0.25) is 14.4 Å². The zero-order valence-electron chi connectivity index (χ0n) is 21.4. The molecule has 1 atom stereocenters. The molecule has 5 rings (SSSR count). The van der Waals surface area contributed by atoms with Crippen molar-refractivity contribution >= 4 is 17.6 Å². The number of nitrogens with zero attached hydrogens (tertiary/aromatic N) is 2. The molecule has 9 nitrogen and oxygen atoms in total. The summed E-state index contributed by atoms with van der Waals surface area (Å²) in [6.45, 7) is 1.41. The highest BCUT2D eigenvalue weighted by atomic mass is 16.5. The van der Waals surface area contributed by atoms with E-state index in [2.05, 4.69) is 0 Å². The summed E-state index contributed by atoms with van der Waals surface area (Å²) in [6.07, 6.45) is 5.48. The zero-order valence-corrected chi connectivity index (χ0v) is 21.4. The Labute approximate surface area is 221 Å². The minimum Gasteiger partial charge on any atom is -0.507 e. The van der Waals surface area contributed by atoms with E-state index in [4.69, 9.17) is 4.74 Å². The van der Waals surface area contributed by atoms with E-state index in [9.17, 15) is 29.7 Å². The van der Waals surface area contributed by atoms with Crippen LogP contribution in [0.5, 0.6) is 23.0 Å². The number of ether oxygens (including phenoxy) is 1. The van der Waals surface area contributed by atoms with Gasteiger partial charge < -0.3 is 29.9 Å². The van der Waals surface area contributed by atoms with Crippen LogP contribution in [0.4, 0.5) is 0 Å². The number of likely N-dealkylation sites (tertiary alicyclic amines) is 2. The predicted molar refractivity (Wildman–Crippen MR) is 138 cm³/mol. The number of benzene rings is 2. The largest absolute Gasteiger partial charge is 0.507 e. The van der Waals surface area contributed by atoms with Crippen LogP contribution >= 0.6 is 0 Å². The monoisotopic (exact) mass is 522 g/mol. The van der Waals surface area contributed by atoms with Crippen LogP contribution in [0.2, 0.25) is 0 Å². The van der Waals surface area contributed by atoms with Crippen molar-refractivity contribution in [2.75, 3.05) is 13.1 Å². The van der Waals surface area contributed by atoms with Gasteiger partial charge in [0, 0.05) is 38.0 Å². The molecule has 2 aromatic carbocycles. The summed E-state index contributed by atoms with van der Waals surface area (Å²) in [5.41, 5.74) is 1.65. The van der Waals surface area contributed by atoms with Crippen molar-refractivity contribution in [3.63, 3.8) is 0 Å². The van der Waals surface area contributed by atoms with Crippen molar-refractivity contribution in [3.8, 4) is 23.0 Å². The predicted octanol–water partition coefficient (Wildman–Crippen LogP) is 4.32. The number of ketones is 1. The number of hydrogen-bond donors (Lipinski definition) is 3. The first-order valence-corrected chi connectivity index (χ1v) is 13.5. The number of carbonyl (C=O) groups is 3. The maximum atomic E-state index is 13.4. The minimum absolute atomic E-state index is 0.00611. The highest BCUT2D eigenvalue weighted by Gasteiger charge is 2.34. The Morgan fingerprint density at radius 2 is 1.45 bits per heavy atom. The first-order chi connectivity index (χ1) is 18.3. The number of carbonyl (C=O) groups excluding carboxylic acids is 3. The zero-order chi connectivity index (χ0) is 26.8. The van der Waals surface area contributed by atoms with Crippen LogP contribution in [0.25, 0.3) is 0 Å². The number of phenolic OH excluding ortho intramolecular Hbond substituents is 3. The van der Waals surface area contributed by atoms with Gasteiger partial charge in [0.25, 0.3) is 0 Å². The molecule has 0 saturated carbocycles. The van der Waals surface area contributed by atoms with E-state index in [1.165, 1.54) is 12.1 Å². The van der Waals surface area contributed by atoms with Gasteiger partial charge in [-0.15, -0.1) is 0 Å². The fourth-order valence-corrected chi connectivity index (χ4v) is 5.58. The number of amides is 2. The van der Waals surface area contributed by atoms with Crippen LogP contribution in [0.15, 0.2) is 24.3 Å². The van der Waals surface area contributed by atoms with E-state index in [0.717, 1.165) is 38.5 Å². The number of rotatable bonds is 5. The molecule has 0 aromatic heterocycles. The van der Waals surface area contributed by atoms with Crippen LogP contribution in [0.3, 0.4) is 0 Å². The van der Waals surface area contributed by atoms with Gasteiger partial charge in [-0.1, -0.05) is 18.9 Å². The molecular weight excluding hydrogens is 488 g/mol. The number of Topliss-reactive ketones (excluding diaryl/α,β-unsaturated/α-hetero) is 1. The Hall–Kier alpha value is -3.75.